The SMILES string of the molecule is CNC(C(=O)O)c1coc2ccccc12. The highest BCUT2D eigenvalue weighted by Gasteiger charge is 2.21. The van der Waals surface area contributed by atoms with Gasteiger partial charge in [0, 0.05) is 10.9 Å². The van der Waals surface area contributed by atoms with Gasteiger partial charge in [0.1, 0.15) is 11.6 Å². The lowest BCUT2D eigenvalue weighted by atomic mass is 10.1. The maximum absolute atomic E-state index is 11.0. The van der Waals surface area contributed by atoms with Crippen molar-refractivity contribution in [2.45, 2.75) is 6.04 Å². The van der Waals surface area contributed by atoms with Crippen molar-refractivity contribution < 1.29 is 14.3 Å². The normalized spacial score (nSPS) is 12.9. The number of carboxylic acids is 1. The summed E-state index contributed by atoms with van der Waals surface area (Å²) in [6, 6.07) is 6.64. The smallest absolute Gasteiger partial charge is 0.325 e. The fraction of sp³-hybridized carbons (Fsp3) is 0.182. The lowest BCUT2D eigenvalue weighted by Crippen LogP contribution is -2.24. The third kappa shape index (κ3) is 1.59. The van der Waals surface area contributed by atoms with Gasteiger partial charge in [0.25, 0.3) is 0 Å². The van der Waals surface area contributed by atoms with Crippen LogP contribution in [0.1, 0.15) is 11.6 Å². The van der Waals surface area contributed by atoms with Crippen LogP contribution in [0.4, 0.5) is 0 Å². The number of furan rings is 1. The molecule has 2 rings (SSSR count). The summed E-state index contributed by atoms with van der Waals surface area (Å²) in [6.45, 7) is 0. The highest BCUT2D eigenvalue weighted by atomic mass is 16.4. The minimum absolute atomic E-state index is 0.653. The molecule has 0 spiro atoms. The predicted molar refractivity (Wildman–Crippen MR) is 55.7 cm³/mol. The van der Waals surface area contributed by atoms with Gasteiger partial charge in [-0.05, 0) is 13.1 Å². The molecule has 0 radical (unpaired) electrons. The van der Waals surface area contributed by atoms with Gasteiger partial charge in [-0.15, -0.1) is 0 Å². The summed E-state index contributed by atoms with van der Waals surface area (Å²) in [5, 5.41) is 12.6. The van der Waals surface area contributed by atoms with Crippen molar-refractivity contribution >= 4 is 16.9 Å². The third-order valence-electron chi connectivity index (χ3n) is 2.36. The topological polar surface area (TPSA) is 62.5 Å². The lowest BCUT2D eigenvalue weighted by Gasteiger charge is -2.08. The molecule has 0 amide bonds. The van der Waals surface area contributed by atoms with E-state index >= 15 is 0 Å². The Morgan fingerprint density at radius 2 is 2.20 bits per heavy atom. The zero-order chi connectivity index (χ0) is 10.8. The van der Waals surface area contributed by atoms with E-state index in [4.69, 9.17) is 9.52 Å². The molecule has 4 heteroatoms. The molecule has 0 aliphatic rings. The van der Waals surface area contributed by atoms with Crippen molar-refractivity contribution in [1.29, 1.82) is 0 Å². The number of benzene rings is 1. The molecule has 1 aromatic carbocycles. The van der Waals surface area contributed by atoms with Gasteiger partial charge < -0.3 is 14.8 Å². The van der Waals surface area contributed by atoms with Crippen molar-refractivity contribution in [3.63, 3.8) is 0 Å². The molecule has 0 saturated heterocycles. The largest absolute Gasteiger partial charge is 0.480 e. The van der Waals surface area contributed by atoms with Crippen molar-refractivity contribution in [2.24, 2.45) is 0 Å². The molecule has 1 atom stereocenters. The summed E-state index contributed by atoms with van der Waals surface area (Å²) >= 11 is 0. The number of fused-ring (bicyclic) bond motifs is 1. The Bertz CT molecular complexity index is 489. The maximum Gasteiger partial charge on any atom is 0.325 e. The van der Waals surface area contributed by atoms with E-state index < -0.39 is 12.0 Å². The molecule has 0 bridgehead atoms. The number of hydrogen-bond acceptors (Lipinski definition) is 3. The van der Waals surface area contributed by atoms with E-state index in [1.807, 2.05) is 24.3 Å². The number of carboxylic acid groups (broad SMARTS) is 1. The zero-order valence-corrected chi connectivity index (χ0v) is 8.23. The molecule has 2 N–H and O–H groups in total. The van der Waals surface area contributed by atoms with E-state index in [0.29, 0.717) is 11.1 Å². The number of likely N-dealkylation sites (N-methyl/N-ethyl adjacent to an activating group) is 1. The van der Waals surface area contributed by atoms with Crippen LogP contribution in [0.3, 0.4) is 0 Å². The van der Waals surface area contributed by atoms with E-state index in [2.05, 4.69) is 5.32 Å². The second kappa shape index (κ2) is 3.74. The Morgan fingerprint density at radius 3 is 2.87 bits per heavy atom. The summed E-state index contributed by atoms with van der Waals surface area (Å²) in [7, 11) is 1.61. The van der Waals surface area contributed by atoms with Gasteiger partial charge in [-0.25, -0.2) is 0 Å². The Balaban J connectivity index is 2.55. The van der Waals surface area contributed by atoms with Crippen molar-refractivity contribution in [3.05, 3.63) is 36.1 Å². The summed E-state index contributed by atoms with van der Waals surface area (Å²) in [5.74, 6) is -0.913. The first-order valence-corrected chi connectivity index (χ1v) is 4.60. The molecule has 0 aliphatic carbocycles. The molecule has 15 heavy (non-hydrogen) atoms. The molecule has 1 aromatic heterocycles. The summed E-state index contributed by atoms with van der Waals surface area (Å²) < 4.78 is 5.28. The van der Waals surface area contributed by atoms with Crippen LogP contribution in [-0.4, -0.2) is 18.1 Å². The van der Waals surface area contributed by atoms with Gasteiger partial charge in [0.2, 0.25) is 0 Å². The fourth-order valence-electron chi connectivity index (χ4n) is 1.63. The van der Waals surface area contributed by atoms with Crippen LogP contribution < -0.4 is 5.32 Å². The molecule has 0 saturated carbocycles. The second-order valence-electron chi connectivity index (χ2n) is 3.25. The summed E-state index contributed by atoms with van der Waals surface area (Å²) in [4.78, 5) is 11.0. The van der Waals surface area contributed by atoms with Crippen LogP contribution in [0.5, 0.6) is 0 Å². The lowest BCUT2D eigenvalue weighted by molar-refractivity contribution is -0.139. The van der Waals surface area contributed by atoms with E-state index in [0.717, 1.165) is 5.39 Å². The molecule has 0 fully saturated rings. The predicted octanol–water partition coefficient (Wildman–Crippen LogP) is 1.78. The quantitative estimate of drug-likeness (QED) is 0.801. The Hall–Kier alpha value is -1.81. The first kappa shape index (κ1) is 9.73. The highest BCUT2D eigenvalue weighted by Crippen LogP contribution is 2.26. The number of nitrogens with one attached hydrogen (secondary N) is 1. The van der Waals surface area contributed by atoms with E-state index in [9.17, 15) is 4.79 Å². The van der Waals surface area contributed by atoms with Crippen molar-refractivity contribution in [3.8, 4) is 0 Å². The molecule has 2 aromatic rings. The van der Waals surface area contributed by atoms with E-state index in [1.165, 1.54) is 6.26 Å². The monoisotopic (exact) mass is 205 g/mol. The molecule has 0 aliphatic heterocycles. The minimum Gasteiger partial charge on any atom is -0.480 e. The van der Waals surface area contributed by atoms with Crippen LogP contribution >= 0.6 is 0 Å². The fourth-order valence-corrected chi connectivity index (χ4v) is 1.63. The van der Waals surface area contributed by atoms with Crippen molar-refractivity contribution in [2.75, 3.05) is 7.05 Å². The van der Waals surface area contributed by atoms with Gasteiger partial charge in [-0.1, -0.05) is 18.2 Å². The third-order valence-corrected chi connectivity index (χ3v) is 2.36. The van der Waals surface area contributed by atoms with Crippen molar-refractivity contribution in [1.82, 2.24) is 5.32 Å². The molecule has 1 unspecified atom stereocenters. The van der Waals surface area contributed by atoms with Crippen LogP contribution in [0.15, 0.2) is 34.9 Å². The molecular formula is C11H11NO3. The summed E-state index contributed by atoms with van der Waals surface area (Å²) in [6.07, 6.45) is 1.49. The second-order valence-corrected chi connectivity index (χ2v) is 3.25. The van der Waals surface area contributed by atoms with Crippen LogP contribution in [0, 0.1) is 0 Å². The van der Waals surface area contributed by atoms with Gasteiger partial charge in [0.05, 0.1) is 6.26 Å². The average molecular weight is 205 g/mol. The number of aliphatic carboxylic acids is 1. The Labute approximate surface area is 86.5 Å². The molecule has 4 nitrogen and oxygen atoms in total. The Kier molecular flexibility index (Phi) is 2.43. The number of hydrogen-bond donors (Lipinski definition) is 2. The standard InChI is InChI=1S/C11H11NO3/c1-12-10(11(13)14)8-6-15-9-5-3-2-4-7(8)9/h2-6,10,12H,1H3,(H,13,14). The number of carbonyl (C=O) groups is 1. The Morgan fingerprint density at radius 1 is 1.47 bits per heavy atom. The first-order valence-electron chi connectivity index (χ1n) is 4.60. The highest BCUT2D eigenvalue weighted by molar-refractivity contribution is 5.87. The number of para-hydroxylation sites is 1. The van der Waals surface area contributed by atoms with E-state index in [1.54, 1.807) is 7.05 Å². The first-order chi connectivity index (χ1) is 7.24. The molecular weight excluding hydrogens is 194 g/mol. The molecule has 1 heterocycles. The number of rotatable bonds is 3. The van der Waals surface area contributed by atoms with Gasteiger partial charge in [0.15, 0.2) is 0 Å². The van der Waals surface area contributed by atoms with Gasteiger partial charge >= 0.3 is 5.97 Å². The van der Waals surface area contributed by atoms with Crippen LogP contribution in [0.25, 0.3) is 11.0 Å². The van der Waals surface area contributed by atoms with Crippen LogP contribution in [-0.2, 0) is 4.79 Å². The zero-order valence-electron chi connectivity index (χ0n) is 8.23. The van der Waals surface area contributed by atoms with E-state index in [-0.39, 0.29) is 0 Å². The summed E-state index contributed by atoms with van der Waals surface area (Å²) in [5.41, 5.74) is 1.36. The average Bonchev–Trinajstić information content (AvgIpc) is 2.63. The van der Waals surface area contributed by atoms with Gasteiger partial charge in [-0.2, -0.15) is 0 Å². The minimum atomic E-state index is -0.913. The molecule has 78 valence electrons. The van der Waals surface area contributed by atoms with Gasteiger partial charge in [-0.3, -0.25) is 4.79 Å². The van der Waals surface area contributed by atoms with Crippen LogP contribution in [0.2, 0.25) is 0 Å². The maximum atomic E-state index is 11.0.